The number of nitrogens with one attached hydrogen (secondary N) is 2. The number of rotatable bonds is 5. The second kappa shape index (κ2) is 9.57. The van der Waals surface area contributed by atoms with Gasteiger partial charge in [-0.1, -0.05) is 12.8 Å². The molecule has 214 valence electrons. The van der Waals surface area contributed by atoms with Gasteiger partial charge in [0.15, 0.2) is 0 Å². The first kappa shape index (κ1) is 26.0. The number of imidazole rings is 1. The average Bonchev–Trinajstić information content (AvgIpc) is 3.34. The van der Waals surface area contributed by atoms with Crippen LogP contribution in [0.4, 0.5) is 24.8 Å². The van der Waals surface area contributed by atoms with Crippen molar-refractivity contribution in [3.63, 3.8) is 0 Å². The summed E-state index contributed by atoms with van der Waals surface area (Å²) >= 11 is 0. The Hall–Kier alpha value is -3.93. The van der Waals surface area contributed by atoms with Crippen LogP contribution in [-0.2, 0) is 6.18 Å². The van der Waals surface area contributed by atoms with Gasteiger partial charge >= 0.3 is 6.18 Å². The molecule has 4 aromatic rings. The number of aromatic nitrogens is 5. The van der Waals surface area contributed by atoms with E-state index in [1.165, 1.54) is 6.33 Å². The lowest BCUT2D eigenvalue weighted by atomic mass is 10.1. The van der Waals surface area contributed by atoms with Crippen LogP contribution >= 0.6 is 0 Å². The van der Waals surface area contributed by atoms with Crippen LogP contribution in [0.1, 0.15) is 66.3 Å². The van der Waals surface area contributed by atoms with Crippen molar-refractivity contribution < 1.29 is 18.0 Å². The number of nitrogens with zero attached hydrogens (tertiary/aromatic N) is 6. The van der Waals surface area contributed by atoms with E-state index in [1.54, 1.807) is 30.0 Å². The van der Waals surface area contributed by atoms with Gasteiger partial charge in [0.05, 0.1) is 17.6 Å². The maximum atomic E-state index is 13.8. The van der Waals surface area contributed by atoms with Crippen molar-refractivity contribution in [2.45, 2.75) is 63.2 Å². The van der Waals surface area contributed by atoms with Crippen molar-refractivity contribution in [1.82, 2.24) is 34.3 Å². The first-order chi connectivity index (χ1) is 19.7. The smallest absolute Gasteiger partial charge is 0.334 e. The average molecular weight is 565 g/mol. The summed E-state index contributed by atoms with van der Waals surface area (Å²) in [6, 6.07) is 5.74. The molecule has 2 N–H and O–H groups in total. The lowest BCUT2D eigenvalue weighted by Gasteiger charge is -2.34. The molecular formula is C29H31F3N8O. The number of alkyl halides is 3. The molecule has 0 atom stereocenters. The van der Waals surface area contributed by atoms with E-state index >= 15 is 0 Å². The number of halogens is 3. The molecule has 1 saturated heterocycles. The normalized spacial score (nSPS) is 18.9. The van der Waals surface area contributed by atoms with Gasteiger partial charge in [-0.3, -0.25) is 4.79 Å². The predicted molar refractivity (Wildman–Crippen MR) is 147 cm³/mol. The largest absolute Gasteiger partial charge is 0.416 e. The molecule has 0 radical (unpaired) electrons. The zero-order chi connectivity index (χ0) is 28.4. The first-order valence-corrected chi connectivity index (χ1v) is 14.1. The molecule has 1 amide bonds. The molecule has 41 heavy (non-hydrogen) atoms. The monoisotopic (exact) mass is 564 g/mol. The Morgan fingerprint density at radius 2 is 1.93 bits per heavy atom. The second-order valence-electron chi connectivity index (χ2n) is 11.6. The van der Waals surface area contributed by atoms with Crippen LogP contribution in [0.5, 0.6) is 0 Å². The Kier molecular flexibility index (Phi) is 6.07. The quantitative estimate of drug-likeness (QED) is 0.338. The summed E-state index contributed by atoms with van der Waals surface area (Å²) in [7, 11) is 0. The number of hydrogen-bond acceptors (Lipinski definition) is 6. The topological polar surface area (TPSA) is 92.9 Å². The summed E-state index contributed by atoms with van der Waals surface area (Å²) in [5, 5.41) is 7.28. The Balaban J connectivity index is 1.26. The molecule has 3 aliphatic rings. The van der Waals surface area contributed by atoms with Gasteiger partial charge in [-0.05, 0) is 56.9 Å². The Morgan fingerprint density at radius 1 is 1.12 bits per heavy atom. The summed E-state index contributed by atoms with van der Waals surface area (Å²) in [4.78, 5) is 29.1. The van der Waals surface area contributed by atoms with Gasteiger partial charge in [0, 0.05) is 60.4 Å². The highest BCUT2D eigenvalue weighted by Crippen LogP contribution is 2.39. The molecule has 1 spiro atoms. The standard InChI is InChI=1S/C29H31F3N8O/c1-18-15-39(17-34-18)23-12-20(29(30,31)32)11-21(13-23)36-27-33-14-19-10-24(40(25(19)37-27)22-4-2-3-5-22)26(41)38-9-8-35-28(16-38)6-7-28/h10-15,17,22,35H,2-9,16H2,1H3,(H,33,36,37). The van der Waals surface area contributed by atoms with Gasteiger partial charge in [-0.15, -0.1) is 0 Å². The Labute approximate surface area is 234 Å². The number of fused-ring (bicyclic) bond motifs is 1. The molecule has 3 fully saturated rings. The SMILES string of the molecule is Cc1cn(-c2cc(Nc3ncc4cc(C(=O)N5CCNC6(CC6)C5)n(C5CCCC5)c4n3)cc(C(F)(F)F)c2)cn1. The maximum absolute atomic E-state index is 13.8. The van der Waals surface area contributed by atoms with E-state index in [0.717, 1.165) is 62.6 Å². The number of piperazine rings is 1. The van der Waals surface area contributed by atoms with Crippen LogP contribution in [0.15, 0.2) is 43.0 Å². The summed E-state index contributed by atoms with van der Waals surface area (Å²) in [6.45, 7) is 3.91. The van der Waals surface area contributed by atoms with E-state index in [1.807, 2.05) is 15.5 Å². The van der Waals surface area contributed by atoms with Gasteiger partial charge in [0.1, 0.15) is 11.3 Å². The molecule has 2 saturated carbocycles. The van der Waals surface area contributed by atoms with Crippen LogP contribution in [0.25, 0.3) is 16.7 Å². The van der Waals surface area contributed by atoms with Gasteiger partial charge in [0.2, 0.25) is 5.95 Å². The third-order valence-corrected chi connectivity index (χ3v) is 8.51. The van der Waals surface area contributed by atoms with E-state index in [2.05, 4.69) is 20.6 Å². The van der Waals surface area contributed by atoms with Gasteiger partial charge in [-0.25, -0.2) is 9.97 Å². The zero-order valence-corrected chi connectivity index (χ0v) is 22.7. The highest BCUT2D eigenvalue weighted by molar-refractivity contribution is 5.98. The predicted octanol–water partition coefficient (Wildman–Crippen LogP) is 5.38. The van der Waals surface area contributed by atoms with Crippen LogP contribution in [0.2, 0.25) is 0 Å². The van der Waals surface area contributed by atoms with Crippen molar-refractivity contribution >= 4 is 28.6 Å². The number of carbonyl (C=O) groups excluding carboxylic acids is 1. The molecule has 9 nitrogen and oxygen atoms in total. The lowest BCUT2D eigenvalue weighted by Crippen LogP contribution is -2.54. The highest BCUT2D eigenvalue weighted by atomic mass is 19.4. The van der Waals surface area contributed by atoms with Gasteiger partial charge in [-0.2, -0.15) is 18.2 Å². The maximum Gasteiger partial charge on any atom is 0.416 e. The first-order valence-electron chi connectivity index (χ1n) is 14.1. The van der Waals surface area contributed by atoms with Crippen LogP contribution in [0.3, 0.4) is 0 Å². The number of amides is 1. The minimum Gasteiger partial charge on any atom is -0.334 e. The molecule has 12 heteroatoms. The van der Waals surface area contributed by atoms with Crippen LogP contribution in [0, 0.1) is 6.92 Å². The summed E-state index contributed by atoms with van der Waals surface area (Å²) in [5.41, 5.74) is 1.70. The molecule has 1 aliphatic heterocycles. The van der Waals surface area contributed by atoms with Crippen molar-refractivity contribution in [1.29, 1.82) is 0 Å². The number of anilines is 2. The van der Waals surface area contributed by atoms with E-state index in [-0.39, 0.29) is 29.1 Å². The number of carbonyl (C=O) groups is 1. The van der Waals surface area contributed by atoms with Crippen molar-refractivity contribution in [3.8, 4) is 5.69 Å². The Bertz CT molecular complexity index is 1630. The fraction of sp³-hybridized carbons (Fsp3) is 0.448. The summed E-state index contributed by atoms with van der Waals surface area (Å²) < 4.78 is 45.0. The number of hydrogen-bond donors (Lipinski definition) is 2. The van der Waals surface area contributed by atoms with Crippen LogP contribution < -0.4 is 10.6 Å². The number of aryl methyl sites for hydroxylation is 1. The van der Waals surface area contributed by atoms with Crippen molar-refractivity contribution in [2.24, 2.45) is 0 Å². The molecule has 4 heterocycles. The van der Waals surface area contributed by atoms with E-state index in [0.29, 0.717) is 35.8 Å². The fourth-order valence-electron chi connectivity index (χ4n) is 6.23. The summed E-state index contributed by atoms with van der Waals surface area (Å²) in [5.74, 6) is 0.162. The van der Waals surface area contributed by atoms with Gasteiger partial charge < -0.3 is 24.7 Å². The zero-order valence-electron chi connectivity index (χ0n) is 22.7. The fourth-order valence-corrected chi connectivity index (χ4v) is 6.23. The molecule has 3 aromatic heterocycles. The van der Waals surface area contributed by atoms with Gasteiger partial charge in [0.25, 0.3) is 5.91 Å². The van der Waals surface area contributed by atoms with Crippen molar-refractivity contribution in [2.75, 3.05) is 25.0 Å². The van der Waals surface area contributed by atoms with Crippen LogP contribution in [-0.4, -0.2) is 60.1 Å². The van der Waals surface area contributed by atoms with E-state index in [4.69, 9.17) is 4.98 Å². The van der Waals surface area contributed by atoms with E-state index in [9.17, 15) is 18.0 Å². The summed E-state index contributed by atoms with van der Waals surface area (Å²) in [6.07, 6.45) is 6.46. The molecule has 0 unspecified atom stereocenters. The molecule has 1 aromatic carbocycles. The molecular weight excluding hydrogens is 533 g/mol. The minimum atomic E-state index is -4.54. The minimum absolute atomic E-state index is 0.00432. The molecule has 7 rings (SSSR count). The third-order valence-electron chi connectivity index (χ3n) is 8.51. The highest BCUT2D eigenvalue weighted by Gasteiger charge is 2.47. The second-order valence-corrected chi connectivity index (χ2v) is 11.6. The number of benzene rings is 1. The third kappa shape index (κ3) is 4.94. The lowest BCUT2D eigenvalue weighted by molar-refractivity contribution is -0.137. The van der Waals surface area contributed by atoms with E-state index < -0.39 is 11.7 Å². The molecule has 2 aliphatic carbocycles. The Morgan fingerprint density at radius 3 is 2.63 bits per heavy atom. The molecule has 0 bridgehead atoms. The van der Waals surface area contributed by atoms with Crippen molar-refractivity contribution in [3.05, 3.63) is 59.9 Å².